The lowest BCUT2D eigenvalue weighted by molar-refractivity contribution is -0.125. The van der Waals surface area contributed by atoms with E-state index in [9.17, 15) is 24.0 Å². The summed E-state index contributed by atoms with van der Waals surface area (Å²) < 4.78 is 10.1. The predicted molar refractivity (Wildman–Crippen MR) is 126 cm³/mol. The number of hydrogen-bond acceptors (Lipinski definition) is 7. The third-order valence-electron chi connectivity index (χ3n) is 4.79. The predicted octanol–water partition coefficient (Wildman–Crippen LogP) is 2.98. The van der Waals surface area contributed by atoms with Gasteiger partial charge < -0.3 is 14.4 Å². The first kappa shape index (κ1) is 25.0. The molecule has 35 heavy (non-hydrogen) atoms. The molecule has 1 amide bonds. The number of nitrogens with zero attached hydrogens (tertiary/aromatic N) is 1. The molecule has 8 heteroatoms. The largest absolute Gasteiger partial charge is 0.454 e. The monoisotopic (exact) mass is 473 g/mol. The summed E-state index contributed by atoms with van der Waals surface area (Å²) in [7, 11) is 0. The molecule has 0 heterocycles. The Kier molecular flexibility index (Phi) is 9.01. The maximum Gasteiger partial charge on any atom is 0.338 e. The molecule has 3 aromatic carbocycles. The highest BCUT2D eigenvalue weighted by molar-refractivity contribution is 6.00. The van der Waals surface area contributed by atoms with Crippen molar-refractivity contribution < 1.29 is 33.4 Å². The van der Waals surface area contributed by atoms with Gasteiger partial charge in [-0.05, 0) is 36.4 Å². The molecule has 0 aliphatic heterocycles. The Morgan fingerprint density at radius 1 is 0.514 bits per heavy atom. The fourth-order valence-electron chi connectivity index (χ4n) is 3.09. The standard InChI is InChI=1S/C27H23NO7/c29-23(18-34-26(32)21-12-6-2-7-13-21)16-28(25(31)20-10-4-1-5-11-20)17-24(30)19-35-27(33)22-14-8-3-9-15-22/h1-15H,16-19H2. The first-order chi connectivity index (χ1) is 16.9. The van der Waals surface area contributed by atoms with Crippen LogP contribution in [-0.4, -0.2) is 60.6 Å². The van der Waals surface area contributed by atoms with Gasteiger partial charge in [-0.15, -0.1) is 0 Å². The Bertz CT molecular complexity index is 1110. The molecule has 0 atom stereocenters. The van der Waals surface area contributed by atoms with Gasteiger partial charge >= 0.3 is 11.9 Å². The van der Waals surface area contributed by atoms with E-state index in [0.717, 1.165) is 4.90 Å². The van der Waals surface area contributed by atoms with Gasteiger partial charge in [0.1, 0.15) is 0 Å². The van der Waals surface area contributed by atoms with Crippen LogP contribution in [0.4, 0.5) is 0 Å². The Labute approximate surface area is 202 Å². The molecule has 0 radical (unpaired) electrons. The molecule has 0 saturated carbocycles. The van der Waals surface area contributed by atoms with Crippen molar-refractivity contribution in [2.75, 3.05) is 26.3 Å². The number of amides is 1. The van der Waals surface area contributed by atoms with Crippen molar-refractivity contribution in [2.24, 2.45) is 0 Å². The number of carbonyl (C=O) groups excluding carboxylic acids is 5. The molecular weight excluding hydrogens is 450 g/mol. The van der Waals surface area contributed by atoms with E-state index in [1.54, 1.807) is 91.0 Å². The summed E-state index contributed by atoms with van der Waals surface area (Å²) >= 11 is 0. The van der Waals surface area contributed by atoms with Gasteiger partial charge in [-0.3, -0.25) is 14.4 Å². The second-order valence-corrected chi connectivity index (χ2v) is 7.49. The van der Waals surface area contributed by atoms with Gasteiger partial charge in [-0.25, -0.2) is 9.59 Å². The molecule has 0 unspecified atom stereocenters. The number of rotatable bonds is 11. The average Bonchev–Trinajstić information content (AvgIpc) is 2.91. The van der Waals surface area contributed by atoms with E-state index >= 15 is 0 Å². The highest BCUT2D eigenvalue weighted by Crippen LogP contribution is 2.07. The van der Waals surface area contributed by atoms with Crippen LogP contribution < -0.4 is 0 Å². The lowest BCUT2D eigenvalue weighted by atomic mass is 10.2. The molecule has 3 aromatic rings. The van der Waals surface area contributed by atoms with Crippen molar-refractivity contribution in [3.8, 4) is 0 Å². The van der Waals surface area contributed by atoms with Gasteiger partial charge in [-0.1, -0.05) is 54.6 Å². The number of Topliss-reactive ketones (excluding diaryl/α,β-unsaturated/α-hetero) is 2. The molecular formula is C27H23NO7. The molecule has 8 nitrogen and oxygen atoms in total. The van der Waals surface area contributed by atoms with E-state index in [1.807, 2.05) is 0 Å². The van der Waals surface area contributed by atoms with Crippen LogP contribution in [0.25, 0.3) is 0 Å². The zero-order valence-corrected chi connectivity index (χ0v) is 18.8. The lowest BCUT2D eigenvalue weighted by Gasteiger charge is -2.21. The van der Waals surface area contributed by atoms with Crippen LogP contribution in [0, 0.1) is 0 Å². The summed E-state index contributed by atoms with van der Waals surface area (Å²) in [4.78, 5) is 63.1. The molecule has 0 saturated heterocycles. The number of esters is 2. The van der Waals surface area contributed by atoms with E-state index in [0.29, 0.717) is 0 Å². The summed E-state index contributed by atoms with van der Waals surface area (Å²) in [6.45, 7) is -2.06. The van der Waals surface area contributed by atoms with Gasteiger partial charge in [0.25, 0.3) is 5.91 Å². The Hall–Kier alpha value is -4.59. The fourth-order valence-corrected chi connectivity index (χ4v) is 3.09. The van der Waals surface area contributed by atoms with Crippen LogP contribution in [0.2, 0.25) is 0 Å². The number of ether oxygens (including phenoxy) is 2. The topological polar surface area (TPSA) is 107 Å². The Morgan fingerprint density at radius 3 is 1.23 bits per heavy atom. The van der Waals surface area contributed by atoms with Gasteiger partial charge in [0.2, 0.25) is 0 Å². The van der Waals surface area contributed by atoms with Crippen molar-refractivity contribution >= 4 is 29.4 Å². The third kappa shape index (κ3) is 7.75. The van der Waals surface area contributed by atoms with E-state index < -0.39 is 55.7 Å². The number of carbonyl (C=O) groups is 5. The van der Waals surface area contributed by atoms with Gasteiger partial charge in [0.15, 0.2) is 24.8 Å². The summed E-state index contributed by atoms with van der Waals surface area (Å²) in [5, 5.41) is 0. The summed E-state index contributed by atoms with van der Waals surface area (Å²) in [6.07, 6.45) is 0. The van der Waals surface area contributed by atoms with Gasteiger partial charge in [-0.2, -0.15) is 0 Å². The highest BCUT2D eigenvalue weighted by atomic mass is 16.5. The van der Waals surface area contributed by atoms with Crippen LogP contribution in [0.15, 0.2) is 91.0 Å². The Balaban J connectivity index is 1.60. The molecule has 0 fully saturated rings. The van der Waals surface area contributed by atoms with E-state index in [1.165, 1.54) is 0 Å². The fraction of sp³-hybridized carbons (Fsp3) is 0.148. The van der Waals surface area contributed by atoms with Crippen LogP contribution in [0.3, 0.4) is 0 Å². The lowest BCUT2D eigenvalue weighted by Crippen LogP contribution is -2.41. The summed E-state index contributed by atoms with van der Waals surface area (Å²) in [5.74, 6) is -3.07. The molecule has 3 rings (SSSR count). The van der Waals surface area contributed by atoms with E-state index in [2.05, 4.69) is 0 Å². The van der Waals surface area contributed by atoms with Crippen LogP contribution in [0.1, 0.15) is 31.1 Å². The zero-order valence-electron chi connectivity index (χ0n) is 18.8. The summed E-state index contributed by atoms with van der Waals surface area (Å²) in [5.41, 5.74) is 0.844. The van der Waals surface area contributed by atoms with E-state index in [-0.39, 0.29) is 16.7 Å². The molecule has 178 valence electrons. The zero-order chi connectivity index (χ0) is 25.0. The second-order valence-electron chi connectivity index (χ2n) is 7.49. The number of benzene rings is 3. The molecule has 0 aliphatic rings. The molecule has 0 aliphatic carbocycles. The van der Waals surface area contributed by atoms with Crippen molar-refractivity contribution in [1.82, 2.24) is 4.90 Å². The van der Waals surface area contributed by atoms with Gasteiger partial charge in [0.05, 0.1) is 24.2 Å². The van der Waals surface area contributed by atoms with Crippen LogP contribution >= 0.6 is 0 Å². The summed E-state index contributed by atoms with van der Waals surface area (Å²) in [6, 6.07) is 24.5. The minimum atomic E-state index is -0.677. The molecule has 0 N–H and O–H groups in total. The maximum absolute atomic E-state index is 12.9. The third-order valence-corrected chi connectivity index (χ3v) is 4.79. The smallest absolute Gasteiger partial charge is 0.338 e. The van der Waals surface area contributed by atoms with Crippen molar-refractivity contribution in [1.29, 1.82) is 0 Å². The molecule has 0 spiro atoms. The quantitative estimate of drug-likeness (QED) is 0.394. The molecule has 0 aromatic heterocycles. The average molecular weight is 473 g/mol. The van der Waals surface area contributed by atoms with Crippen LogP contribution in [0.5, 0.6) is 0 Å². The van der Waals surface area contributed by atoms with E-state index in [4.69, 9.17) is 9.47 Å². The van der Waals surface area contributed by atoms with Crippen molar-refractivity contribution in [3.05, 3.63) is 108 Å². The van der Waals surface area contributed by atoms with Gasteiger partial charge in [0, 0.05) is 5.56 Å². The first-order valence-corrected chi connectivity index (χ1v) is 10.8. The highest BCUT2D eigenvalue weighted by Gasteiger charge is 2.23. The number of hydrogen-bond donors (Lipinski definition) is 0. The minimum Gasteiger partial charge on any atom is -0.454 e. The van der Waals surface area contributed by atoms with Crippen molar-refractivity contribution in [3.63, 3.8) is 0 Å². The molecule has 0 bridgehead atoms. The normalized spacial score (nSPS) is 10.2. The number of ketones is 2. The SMILES string of the molecule is O=C(COC(=O)c1ccccc1)CN(CC(=O)COC(=O)c1ccccc1)C(=O)c1ccccc1. The Morgan fingerprint density at radius 2 is 0.857 bits per heavy atom. The van der Waals surface area contributed by atoms with Crippen LogP contribution in [-0.2, 0) is 19.1 Å². The minimum absolute atomic E-state index is 0.274. The first-order valence-electron chi connectivity index (χ1n) is 10.8. The maximum atomic E-state index is 12.9. The second kappa shape index (κ2) is 12.6. The van der Waals surface area contributed by atoms with Crippen molar-refractivity contribution in [2.45, 2.75) is 0 Å².